The summed E-state index contributed by atoms with van der Waals surface area (Å²) in [5.41, 5.74) is 2.64. The monoisotopic (exact) mass is 251 g/mol. The summed E-state index contributed by atoms with van der Waals surface area (Å²) in [6.45, 7) is 3.06. The molecule has 0 saturated carbocycles. The van der Waals surface area contributed by atoms with Crippen LogP contribution in [-0.4, -0.2) is 28.0 Å². The van der Waals surface area contributed by atoms with Crippen molar-refractivity contribution >= 4 is 5.57 Å². The molecule has 0 saturated heterocycles. The molecular formula is C16H17N3. The zero-order valence-corrected chi connectivity index (χ0v) is 10.9. The van der Waals surface area contributed by atoms with E-state index >= 15 is 0 Å². The highest BCUT2D eigenvalue weighted by Gasteiger charge is 2.14. The maximum Gasteiger partial charge on any atom is 0.154 e. The fourth-order valence-corrected chi connectivity index (χ4v) is 2.36. The Kier molecular flexibility index (Phi) is 3.65. The lowest BCUT2D eigenvalue weighted by molar-refractivity contribution is 0.293. The molecule has 3 heteroatoms. The lowest BCUT2D eigenvalue weighted by atomic mass is 10.1. The van der Waals surface area contributed by atoms with Gasteiger partial charge in [-0.25, -0.2) is 9.97 Å². The molecule has 3 nitrogen and oxygen atoms in total. The molecule has 0 N–H and O–H groups in total. The third kappa shape index (κ3) is 3.06. The Morgan fingerprint density at radius 2 is 1.79 bits per heavy atom. The van der Waals surface area contributed by atoms with Crippen LogP contribution in [0.2, 0.25) is 0 Å². The fraction of sp³-hybridized carbons (Fsp3) is 0.250. The van der Waals surface area contributed by atoms with Crippen molar-refractivity contribution in [2.45, 2.75) is 13.0 Å². The Hall–Kier alpha value is -2.00. The van der Waals surface area contributed by atoms with Crippen molar-refractivity contribution in [3.8, 4) is 0 Å². The molecule has 1 aliphatic heterocycles. The molecule has 0 spiro atoms. The number of aromatic nitrogens is 2. The average molecular weight is 251 g/mol. The number of benzene rings is 1. The van der Waals surface area contributed by atoms with Crippen LogP contribution in [-0.2, 0) is 6.54 Å². The lowest BCUT2D eigenvalue weighted by Gasteiger charge is -2.25. The van der Waals surface area contributed by atoms with Gasteiger partial charge in [0.25, 0.3) is 0 Å². The second-order valence-corrected chi connectivity index (χ2v) is 4.77. The topological polar surface area (TPSA) is 29.0 Å². The van der Waals surface area contributed by atoms with Crippen LogP contribution in [0.15, 0.2) is 54.9 Å². The van der Waals surface area contributed by atoms with Crippen molar-refractivity contribution in [2.24, 2.45) is 0 Å². The van der Waals surface area contributed by atoms with Crippen molar-refractivity contribution in [2.75, 3.05) is 13.1 Å². The van der Waals surface area contributed by atoms with Crippen molar-refractivity contribution in [3.05, 3.63) is 66.3 Å². The van der Waals surface area contributed by atoms with Gasteiger partial charge in [-0.1, -0.05) is 36.4 Å². The summed E-state index contributed by atoms with van der Waals surface area (Å²) in [4.78, 5) is 11.1. The smallest absolute Gasteiger partial charge is 0.154 e. The molecule has 0 radical (unpaired) electrons. The van der Waals surface area contributed by atoms with Crippen LogP contribution in [0.3, 0.4) is 0 Å². The first kappa shape index (κ1) is 12.1. The molecule has 0 amide bonds. The largest absolute Gasteiger partial charge is 0.295 e. The van der Waals surface area contributed by atoms with E-state index in [9.17, 15) is 0 Å². The molecule has 1 aromatic carbocycles. The highest BCUT2D eigenvalue weighted by atomic mass is 15.1. The van der Waals surface area contributed by atoms with E-state index in [4.69, 9.17) is 0 Å². The predicted molar refractivity (Wildman–Crippen MR) is 76.3 cm³/mol. The van der Waals surface area contributed by atoms with Gasteiger partial charge in [-0.3, -0.25) is 4.90 Å². The standard InChI is InChI=1S/C16H17N3/c1-2-5-14(6-3-1)13-19-11-7-15(8-12-19)16-17-9-4-10-18-16/h1-7,9-10H,8,11-13H2. The van der Waals surface area contributed by atoms with E-state index in [0.717, 1.165) is 31.9 Å². The van der Waals surface area contributed by atoms with Crippen LogP contribution in [0.25, 0.3) is 5.57 Å². The maximum absolute atomic E-state index is 4.31. The highest BCUT2D eigenvalue weighted by Crippen LogP contribution is 2.19. The molecule has 2 heterocycles. The lowest BCUT2D eigenvalue weighted by Crippen LogP contribution is -2.28. The van der Waals surface area contributed by atoms with Gasteiger partial charge in [-0.2, -0.15) is 0 Å². The first-order valence-corrected chi connectivity index (χ1v) is 6.64. The van der Waals surface area contributed by atoms with Gasteiger partial charge in [0.2, 0.25) is 0 Å². The van der Waals surface area contributed by atoms with Crippen LogP contribution in [0.1, 0.15) is 17.8 Å². The van der Waals surface area contributed by atoms with E-state index < -0.39 is 0 Å². The minimum absolute atomic E-state index is 0.877. The second-order valence-electron chi connectivity index (χ2n) is 4.77. The molecule has 96 valence electrons. The summed E-state index contributed by atoms with van der Waals surface area (Å²) >= 11 is 0. The van der Waals surface area contributed by atoms with Gasteiger partial charge in [0, 0.05) is 32.0 Å². The Bertz CT molecular complexity index is 549. The normalized spacial score (nSPS) is 16.1. The van der Waals surface area contributed by atoms with Gasteiger partial charge in [-0.05, 0) is 23.6 Å². The van der Waals surface area contributed by atoms with Crippen molar-refractivity contribution in [1.29, 1.82) is 0 Å². The van der Waals surface area contributed by atoms with Gasteiger partial charge < -0.3 is 0 Å². The van der Waals surface area contributed by atoms with Crippen molar-refractivity contribution < 1.29 is 0 Å². The third-order valence-corrected chi connectivity index (χ3v) is 3.40. The SMILES string of the molecule is C1=C(c2ncccn2)CCN(Cc2ccccc2)C1. The molecular weight excluding hydrogens is 234 g/mol. The van der Waals surface area contributed by atoms with Gasteiger partial charge in [0.15, 0.2) is 5.82 Å². The molecule has 1 aliphatic rings. The summed E-state index contributed by atoms with van der Waals surface area (Å²) in [5, 5.41) is 0. The van der Waals surface area contributed by atoms with Gasteiger partial charge in [0.1, 0.15) is 0 Å². The van der Waals surface area contributed by atoms with Gasteiger partial charge in [0.05, 0.1) is 0 Å². The van der Waals surface area contributed by atoms with E-state index in [0.29, 0.717) is 0 Å². The zero-order chi connectivity index (χ0) is 12.9. The van der Waals surface area contributed by atoms with Crippen molar-refractivity contribution in [3.63, 3.8) is 0 Å². The van der Waals surface area contributed by atoms with E-state index in [1.54, 1.807) is 12.4 Å². The summed E-state index contributed by atoms with van der Waals surface area (Å²) in [7, 11) is 0. The Labute approximate surface area is 113 Å². The van der Waals surface area contributed by atoms with Crippen LogP contribution in [0.5, 0.6) is 0 Å². The summed E-state index contributed by atoms with van der Waals surface area (Å²) in [6, 6.07) is 12.5. The molecule has 19 heavy (non-hydrogen) atoms. The van der Waals surface area contributed by atoms with Crippen molar-refractivity contribution in [1.82, 2.24) is 14.9 Å². The number of rotatable bonds is 3. The van der Waals surface area contributed by atoms with E-state index in [1.807, 2.05) is 6.07 Å². The molecule has 0 aliphatic carbocycles. The summed E-state index contributed by atoms with van der Waals surface area (Å²) in [6.07, 6.45) is 6.89. The summed E-state index contributed by atoms with van der Waals surface area (Å²) < 4.78 is 0. The van der Waals surface area contributed by atoms with Gasteiger partial charge >= 0.3 is 0 Å². The maximum atomic E-state index is 4.31. The molecule has 0 atom stereocenters. The molecule has 2 aromatic rings. The highest BCUT2D eigenvalue weighted by molar-refractivity contribution is 5.60. The molecule has 3 rings (SSSR count). The van der Waals surface area contributed by atoms with Crippen LogP contribution in [0, 0.1) is 0 Å². The Morgan fingerprint density at radius 1 is 1.00 bits per heavy atom. The fourth-order valence-electron chi connectivity index (χ4n) is 2.36. The van der Waals surface area contributed by atoms with Gasteiger partial charge in [-0.15, -0.1) is 0 Å². The van der Waals surface area contributed by atoms with Crippen LogP contribution < -0.4 is 0 Å². The predicted octanol–water partition coefficient (Wildman–Crippen LogP) is 2.77. The number of hydrogen-bond acceptors (Lipinski definition) is 3. The number of nitrogens with zero attached hydrogens (tertiary/aromatic N) is 3. The van der Waals surface area contributed by atoms with E-state index in [-0.39, 0.29) is 0 Å². The Balaban J connectivity index is 1.64. The molecule has 0 unspecified atom stereocenters. The number of hydrogen-bond donors (Lipinski definition) is 0. The zero-order valence-electron chi connectivity index (χ0n) is 10.9. The average Bonchev–Trinajstić information content (AvgIpc) is 2.50. The molecule has 0 bridgehead atoms. The first-order valence-electron chi connectivity index (χ1n) is 6.64. The molecule has 1 aromatic heterocycles. The minimum Gasteiger partial charge on any atom is -0.295 e. The van der Waals surface area contributed by atoms with E-state index in [1.165, 1.54) is 11.1 Å². The Morgan fingerprint density at radius 3 is 2.47 bits per heavy atom. The second kappa shape index (κ2) is 5.76. The molecule has 0 fully saturated rings. The minimum atomic E-state index is 0.877. The first-order chi connectivity index (χ1) is 9.42. The third-order valence-electron chi connectivity index (χ3n) is 3.40. The van der Waals surface area contributed by atoms with E-state index in [2.05, 4.69) is 51.3 Å². The summed E-state index contributed by atoms with van der Waals surface area (Å²) in [5.74, 6) is 0.877. The van der Waals surface area contributed by atoms with Crippen LogP contribution in [0.4, 0.5) is 0 Å². The quantitative estimate of drug-likeness (QED) is 0.840. The van der Waals surface area contributed by atoms with Crippen LogP contribution >= 0.6 is 0 Å².